The highest BCUT2D eigenvalue weighted by Gasteiger charge is 2.36. The second-order valence-electron chi connectivity index (χ2n) is 16.4. The van der Waals surface area contributed by atoms with Gasteiger partial charge < -0.3 is 19.1 Å². The molecular weight excluding hydrogens is 595 g/mol. The third-order valence-corrected chi connectivity index (χ3v) is 13.2. The first-order valence-electron chi connectivity index (χ1n) is 17.4. The lowest BCUT2D eigenvalue weighted by Gasteiger charge is -2.30. The van der Waals surface area contributed by atoms with Gasteiger partial charge in [0.05, 0.1) is 12.8 Å². The topological polar surface area (TPSA) is 74.0 Å². The van der Waals surface area contributed by atoms with Crippen molar-refractivity contribution in [3.63, 3.8) is 0 Å². The summed E-state index contributed by atoms with van der Waals surface area (Å²) in [4.78, 5) is 12.2. The van der Waals surface area contributed by atoms with Crippen LogP contribution in [-0.2, 0) is 9.47 Å². The zero-order valence-corrected chi connectivity index (χ0v) is 30.6. The molecule has 0 N–H and O–H groups in total. The molecule has 10 heteroatoms. The van der Waals surface area contributed by atoms with Crippen LogP contribution in [0.3, 0.4) is 0 Å². The van der Waals surface area contributed by atoms with E-state index >= 15 is 0 Å². The van der Waals surface area contributed by atoms with Crippen molar-refractivity contribution in [1.29, 1.82) is 0 Å². The normalized spacial score (nSPS) is 21.9. The first kappa shape index (κ1) is 32.7. The third-order valence-electron chi connectivity index (χ3n) is 9.80. The summed E-state index contributed by atoms with van der Waals surface area (Å²) >= 11 is 0. The van der Waals surface area contributed by atoms with E-state index in [0.29, 0.717) is 31.2 Å². The fourth-order valence-corrected chi connectivity index (χ4v) is 8.25. The average Bonchev–Trinajstić information content (AvgIpc) is 3.63. The van der Waals surface area contributed by atoms with Crippen LogP contribution in [-0.4, -0.2) is 69.0 Å². The zero-order chi connectivity index (χ0) is 31.6. The maximum atomic E-state index is 6.36. The Morgan fingerprint density at radius 3 is 2.09 bits per heavy atom. The van der Waals surface area contributed by atoms with Gasteiger partial charge in [-0.15, -0.1) is 0 Å². The smallest absolute Gasteiger partial charge is 0.213 e. The molecule has 3 fully saturated rings. The van der Waals surface area contributed by atoms with Crippen molar-refractivity contribution < 1.29 is 14.2 Å². The van der Waals surface area contributed by atoms with Crippen molar-refractivity contribution in [2.24, 2.45) is 17.8 Å². The first-order valence-corrected chi connectivity index (χ1v) is 24.8. The largest absolute Gasteiger partial charge is 0.477 e. The molecule has 3 aliphatic carbocycles. The van der Waals surface area contributed by atoms with Crippen molar-refractivity contribution in [2.75, 3.05) is 38.2 Å². The molecule has 1 unspecified atom stereocenters. The molecule has 0 saturated heterocycles. The van der Waals surface area contributed by atoms with E-state index in [1.807, 2.05) is 23.0 Å². The number of rotatable bonds is 16. The minimum Gasteiger partial charge on any atom is -0.477 e. The van der Waals surface area contributed by atoms with Crippen LogP contribution < -0.4 is 9.64 Å². The molecule has 6 rings (SSSR count). The molecule has 8 nitrogen and oxygen atoms in total. The molecule has 3 aliphatic rings. The number of anilines is 1. The lowest BCUT2D eigenvalue weighted by molar-refractivity contribution is 0.0942. The molecule has 0 radical (unpaired) electrons. The Kier molecular flexibility index (Phi) is 10.0. The second kappa shape index (κ2) is 13.8. The van der Waals surface area contributed by atoms with Gasteiger partial charge in [-0.1, -0.05) is 52.1 Å². The van der Waals surface area contributed by atoms with Crippen molar-refractivity contribution in [2.45, 2.75) is 102 Å². The number of hydrogen-bond acceptors (Lipinski definition) is 7. The number of aromatic nitrogens is 4. The Hall–Kier alpha value is -2.28. The number of hydrogen-bond donors (Lipinski definition) is 0. The third kappa shape index (κ3) is 8.96. The fraction of sp³-hybridized carbons (Fsp3) is 0.686. The van der Waals surface area contributed by atoms with Crippen molar-refractivity contribution in [3.8, 4) is 17.0 Å². The van der Waals surface area contributed by atoms with Gasteiger partial charge in [0.15, 0.2) is 5.65 Å². The van der Waals surface area contributed by atoms with Crippen LogP contribution in [0.4, 0.5) is 5.82 Å². The number of fused-ring (bicyclic) bond motifs is 3. The highest BCUT2D eigenvalue weighted by Crippen LogP contribution is 2.48. The van der Waals surface area contributed by atoms with Gasteiger partial charge in [-0.2, -0.15) is 9.61 Å². The fourth-order valence-electron chi connectivity index (χ4n) is 6.74. The molecule has 0 aliphatic heterocycles. The van der Waals surface area contributed by atoms with Crippen LogP contribution in [0.25, 0.3) is 16.8 Å². The first-order chi connectivity index (χ1) is 21.5. The molecule has 2 bridgehead atoms. The molecule has 0 aromatic carbocycles. The summed E-state index contributed by atoms with van der Waals surface area (Å²) in [6.45, 7) is 17.6. The average molecular weight is 650 g/mol. The summed E-state index contributed by atoms with van der Waals surface area (Å²) < 4.78 is 20.6. The van der Waals surface area contributed by atoms with E-state index in [0.717, 1.165) is 66.3 Å². The van der Waals surface area contributed by atoms with Crippen LogP contribution >= 0.6 is 0 Å². The lowest BCUT2D eigenvalue weighted by Crippen LogP contribution is -2.33. The van der Waals surface area contributed by atoms with Gasteiger partial charge in [-0.3, -0.25) is 0 Å². The number of ether oxygens (including phenoxy) is 3. The van der Waals surface area contributed by atoms with Crippen LogP contribution in [0.1, 0.15) is 56.6 Å². The van der Waals surface area contributed by atoms with Gasteiger partial charge in [0.1, 0.15) is 19.3 Å². The zero-order valence-electron chi connectivity index (χ0n) is 28.6. The predicted octanol–water partition coefficient (Wildman–Crippen LogP) is 8.30. The molecule has 3 saturated carbocycles. The van der Waals surface area contributed by atoms with E-state index < -0.39 is 16.1 Å². The monoisotopic (exact) mass is 649 g/mol. The van der Waals surface area contributed by atoms with E-state index in [2.05, 4.69) is 61.3 Å². The highest BCUT2D eigenvalue weighted by molar-refractivity contribution is 6.76. The Labute approximate surface area is 272 Å². The summed E-state index contributed by atoms with van der Waals surface area (Å²) in [6.07, 6.45) is 13.0. The number of pyridine rings is 1. The molecule has 246 valence electrons. The van der Waals surface area contributed by atoms with Crippen molar-refractivity contribution >= 4 is 27.6 Å². The minimum absolute atomic E-state index is 0.468. The van der Waals surface area contributed by atoms with Gasteiger partial charge in [0.2, 0.25) is 5.88 Å². The molecule has 3 heterocycles. The molecule has 45 heavy (non-hydrogen) atoms. The van der Waals surface area contributed by atoms with Crippen LogP contribution in [0, 0.1) is 17.8 Å². The molecular formula is C35H55N5O3Si2. The maximum Gasteiger partial charge on any atom is 0.213 e. The molecule has 0 amide bonds. The Morgan fingerprint density at radius 1 is 0.844 bits per heavy atom. The molecule has 0 spiro atoms. The Balaban J connectivity index is 1.32. The van der Waals surface area contributed by atoms with Crippen LogP contribution in [0.2, 0.25) is 51.4 Å². The van der Waals surface area contributed by atoms with Crippen molar-refractivity contribution in [3.05, 3.63) is 36.3 Å². The highest BCUT2D eigenvalue weighted by atomic mass is 28.3. The summed E-state index contributed by atoms with van der Waals surface area (Å²) in [5.41, 5.74) is 4.07. The summed E-state index contributed by atoms with van der Waals surface area (Å²) in [5.74, 6) is 4.52. The quantitative estimate of drug-likeness (QED) is 0.0878. The lowest BCUT2D eigenvalue weighted by atomic mass is 9.79. The standard InChI is InChI=1S/C35H55N5O3Si2/c1-44(2,3)15-13-41-24-39(25-42-14-16-45(4,5)6)34-20-32(30-18-27-9-10-28(17-27)19-30)38-35-31(22-37-40(34)35)29-11-12-33(36-21-29)43-23-26-7-8-26/h11-12,20-22,26-28,30H,7-10,13-19,23-25H2,1-6H3/t27-,28+,30?. The minimum atomic E-state index is -1.20. The van der Waals surface area contributed by atoms with E-state index in [4.69, 9.17) is 24.3 Å². The predicted molar refractivity (Wildman–Crippen MR) is 188 cm³/mol. The Bertz CT molecular complexity index is 1380. The van der Waals surface area contributed by atoms with Crippen LogP contribution in [0.5, 0.6) is 5.88 Å². The molecule has 3 atom stereocenters. The summed E-state index contributed by atoms with van der Waals surface area (Å²) in [5, 5.41) is 4.93. The molecule has 3 aromatic rings. The number of nitrogens with zero attached hydrogens (tertiary/aromatic N) is 5. The van der Waals surface area contributed by atoms with Crippen molar-refractivity contribution in [1.82, 2.24) is 19.6 Å². The summed E-state index contributed by atoms with van der Waals surface area (Å²) in [7, 11) is -2.40. The van der Waals surface area contributed by atoms with Gasteiger partial charge in [-0.05, 0) is 68.0 Å². The van der Waals surface area contributed by atoms with Gasteiger partial charge >= 0.3 is 0 Å². The van der Waals surface area contributed by atoms with E-state index in [1.54, 1.807) is 0 Å². The van der Waals surface area contributed by atoms with Gasteiger partial charge in [-0.25, -0.2) is 9.97 Å². The Morgan fingerprint density at radius 2 is 1.51 bits per heavy atom. The van der Waals surface area contributed by atoms with E-state index in [-0.39, 0.29) is 0 Å². The van der Waals surface area contributed by atoms with Gasteiger partial charge in [0.25, 0.3) is 0 Å². The van der Waals surface area contributed by atoms with Crippen LogP contribution in [0.15, 0.2) is 30.6 Å². The van der Waals surface area contributed by atoms with Gasteiger partial charge in [0, 0.05) is 70.4 Å². The SMILES string of the molecule is C[Si](C)(C)CCOCN(COCC[Si](C)(C)C)c1cc(C2C[C@H]3CC[C@@H](C2)C3)nc2c(-c3ccc(OCC4CC4)nc3)cnn12. The van der Waals surface area contributed by atoms with E-state index in [1.165, 1.54) is 50.6 Å². The maximum absolute atomic E-state index is 6.36. The van der Waals surface area contributed by atoms with E-state index in [9.17, 15) is 0 Å². The molecule has 3 aromatic heterocycles. The second-order valence-corrected chi connectivity index (χ2v) is 27.7. The summed E-state index contributed by atoms with van der Waals surface area (Å²) in [6, 6.07) is 8.64.